The number of rotatable bonds is 6. The fraction of sp³-hybridized carbons (Fsp3) is 0.167. The number of aromatic amines is 1. The summed E-state index contributed by atoms with van der Waals surface area (Å²) in [5.74, 6) is -0.790. The minimum absolute atomic E-state index is 0.240. The molecule has 0 aliphatic carbocycles. The molecule has 1 aromatic heterocycles. The largest absolute Gasteiger partial charge is 0.464 e. The molecule has 6 heteroatoms. The normalized spacial score (nSPS) is 12.1. The number of carbonyl (C=O) groups excluding carboxylic acids is 2. The molecule has 1 heterocycles. The minimum Gasteiger partial charge on any atom is -0.464 e. The third kappa shape index (κ3) is 4.31. The molecule has 0 spiro atoms. The van der Waals surface area contributed by atoms with E-state index in [0.29, 0.717) is 10.6 Å². The number of benzene rings is 3. The maximum absolute atomic E-state index is 12.9. The molecule has 0 aliphatic rings. The molecular weight excluding hydrogens is 400 g/mol. The number of H-pyrrole nitrogens is 1. The molecule has 30 heavy (non-hydrogen) atoms. The van der Waals surface area contributed by atoms with E-state index in [2.05, 4.69) is 10.3 Å². The summed E-state index contributed by atoms with van der Waals surface area (Å²) in [4.78, 5) is 28.7. The third-order valence-corrected chi connectivity index (χ3v) is 5.19. The van der Waals surface area contributed by atoms with Crippen molar-refractivity contribution in [3.63, 3.8) is 0 Å². The average molecular weight is 421 g/mol. The Balaban J connectivity index is 1.57. The number of esters is 1. The van der Waals surface area contributed by atoms with Gasteiger partial charge in [-0.3, -0.25) is 4.79 Å². The van der Waals surface area contributed by atoms with E-state index in [9.17, 15) is 9.59 Å². The highest BCUT2D eigenvalue weighted by Crippen LogP contribution is 2.21. The lowest BCUT2D eigenvalue weighted by molar-refractivity contribution is -0.145. The second kappa shape index (κ2) is 8.59. The molecule has 0 fully saturated rings. The van der Waals surface area contributed by atoms with E-state index < -0.39 is 12.0 Å². The van der Waals surface area contributed by atoms with Crippen LogP contribution in [0.1, 0.15) is 23.0 Å². The van der Waals surface area contributed by atoms with Crippen LogP contribution in [0.4, 0.5) is 0 Å². The van der Waals surface area contributed by atoms with E-state index >= 15 is 0 Å². The van der Waals surface area contributed by atoms with Crippen LogP contribution < -0.4 is 5.32 Å². The Labute approximate surface area is 179 Å². The van der Waals surface area contributed by atoms with Gasteiger partial charge in [0.2, 0.25) is 0 Å². The standard InChI is InChI=1S/C24H21ClN2O3/c1-2-30-24(29)22(14-20-13-18-12-19(25)9-10-21(18)26-20)27-23(28)17-8-7-15-5-3-4-6-16(15)11-17/h3-13,22,26H,2,14H2,1H3,(H,27,28)/t22-/m1/s1. The molecule has 0 saturated heterocycles. The highest BCUT2D eigenvalue weighted by atomic mass is 35.5. The van der Waals surface area contributed by atoms with Crippen LogP contribution in [0.25, 0.3) is 21.7 Å². The lowest BCUT2D eigenvalue weighted by atomic mass is 10.1. The Bertz CT molecular complexity index is 1230. The number of carbonyl (C=O) groups is 2. The highest BCUT2D eigenvalue weighted by molar-refractivity contribution is 6.31. The van der Waals surface area contributed by atoms with Gasteiger partial charge in [-0.05, 0) is 54.1 Å². The molecule has 0 aliphatic heterocycles. The number of hydrogen-bond donors (Lipinski definition) is 2. The van der Waals surface area contributed by atoms with Crippen molar-refractivity contribution in [1.29, 1.82) is 0 Å². The zero-order valence-electron chi connectivity index (χ0n) is 16.4. The summed E-state index contributed by atoms with van der Waals surface area (Å²) in [6, 6.07) is 19.9. The SMILES string of the molecule is CCOC(=O)[C@@H](Cc1cc2cc(Cl)ccc2[nH]1)NC(=O)c1ccc2ccccc2c1. The van der Waals surface area contributed by atoms with Gasteiger partial charge in [-0.1, -0.05) is 41.9 Å². The molecular formula is C24H21ClN2O3. The van der Waals surface area contributed by atoms with Gasteiger partial charge in [-0.2, -0.15) is 0 Å². The van der Waals surface area contributed by atoms with Crippen LogP contribution in [0, 0.1) is 0 Å². The Morgan fingerprint density at radius 1 is 1.00 bits per heavy atom. The second-order valence-electron chi connectivity index (χ2n) is 7.07. The van der Waals surface area contributed by atoms with Crippen LogP contribution in [0.3, 0.4) is 0 Å². The van der Waals surface area contributed by atoms with Crippen LogP contribution >= 0.6 is 11.6 Å². The van der Waals surface area contributed by atoms with Gasteiger partial charge in [0.25, 0.3) is 5.91 Å². The van der Waals surface area contributed by atoms with Crippen LogP contribution in [0.15, 0.2) is 66.7 Å². The smallest absolute Gasteiger partial charge is 0.329 e. The number of aromatic nitrogens is 1. The summed E-state index contributed by atoms with van der Waals surface area (Å²) in [5, 5.41) is 6.42. The number of hydrogen-bond acceptors (Lipinski definition) is 3. The van der Waals surface area contributed by atoms with Crippen LogP contribution in [0.5, 0.6) is 0 Å². The van der Waals surface area contributed by atoms with Gasteiger partial charge < -0.3 is 15.0 Å². The summed E-state index contributed by atoms with van der Waals surface area (Å²) < 4.78 is 5.19. The van der Waals surface area contributed by atoms with Crippen molar-refractivity contribution in [2.75, 3.05) is 6.61 Å². The lowest BCUT2D eigenvalue weighted by Crippen LogP contribution is -2.43. The number of halogens is 1. The number of amides is 1. The van der Waals surface area contributed by atoms with Gasteiger partial charge in [-0.25, -0.2) is 4.79 Å². The zero-order valence-corrected chi connectivity index (χ0v) is 17.2. The van der Waals surface area contributed by atoms with E-state index in [0.717, 1.165) is 27.4 Å². The highest BCUT2D eigenvalue weighted by Gasteiger charge is 2.24. The quantitative estimate of drug-likeness (QED) is 0.437. The second-order valence-corrected chi connectivity index (χ2v) is 7.51. The Kier molecular flexibility index (Phi) is 5.72. The van der Waals surface area contributed by atoms with E-state index in [4.69, 9.17) is 16.3 Å². The summed E-state index contributed by atoms with van der Waals surface area (Å²) in [5.41, 5.74) is 2.22. The summed E-state index contributed by atoms with van der Waals surface area (Å²) in [7, 11) is 0. The van der Waals surface area contributed by atoms with Crippen LogP contribution in [-0.2, 0) is 16.0 Å². The number of nitrogens with one attached hydrogen (secondary N) is 2. The Morgan fingerprint density at radius 2 is 1.80 bits per heavy atom. The fourth-order valence-electron chi connectivity index (χ4n) is 3.50. The average Bonchev–Trinajstić information content (AvgIpc) is 3.14. The van der Waals surface area contributed by atoms with Crippen molar-refractivity contribution in [3.05, 3.63) is 83.0 Å². The van der Waals surface area contributed by atoms with E-state index in [1.54, 1.807) is 19.1 Å². The molecule has 4 aromatic rings. The van der Waals surface area contributed by atoms with Crippen molar-refractivity contribution in [1.82, 2.24) is 10.3 Å². The molecule has 2 N–H and O–H groups in total. The summed E-state index contributed by atoms with van der Waals surface area (Å²) in [6.45, 7) is 1.98. The Hall–Kier alpha value is -3.31. The van der Waals surface area contributed by atoms with E-state index in [-0.39, 0.29) is 18.9 Å². The van der Waals surface area contributed by atoms with Gasteiger partial charge >= 0.3 is 5.97 Å². The molecule has 5 nitrogen and oxygen atoms in total. The maximum Gasteiger partial charge on any atom is 0.329 e. The number of fused-ring (bicyclic) bond motifs is 2. The van der Waals surface area contributed by atoms with E-state index in [1.165, 1.54) is 0 Å². The maximum atomic E-state index is 12.9. The molecule has 0 bridgehead atoms. The van der Waals surface area contributed by atoms with Gasteiger partial charge in [0.1, 0.15) is 6.04 Å². The van der Waals surface area contributed by atoms with Crippen molar-refractivity contribution in [3.8, 4) is 0 Å². The predicted molar refractivity (Wildman–Crippen MR) is 119 cm³/mol. The first kappa shape index (κ1) is 20.0. The van der Waals surface area contributed by atoms with Crippen molar-refractivity contribution < 1.29 is 14.3 Å². The molecule has 1 amide bonds. The van der Waals surface area contributed by atoms with Crippen molar-refractivity contribution in [2.45, 2.75) is 19.4 Å². The summed E-state index contributed by atoms with van der Waals surface area (Å²) in [6.07, 6.45) is 0.282. The first-order chi connectivity index (χ1) is 14.5. The molecule has 0 unspecified atom stereocenters. The van der Waals surface area contributed by atoms with Crippen LogP contribution in [-0.4, -0.2) is 29.5 Å². The molecule has 0 saturated carbocycles. The van der Waals surface area contributed by atoms with Crippen molar-refractivity contribution in [2.24, 2.45) is 0 Å². The van der Waals surface area contributed by atoms with Gasteiger partial charge in [-0.15, -0.1) is 0 Å². The topological polar surface area (TPSA) is 71.2 Å². The molecule has 3 aromatic carbocycles. The number of ether oxygens (including phenoxy) is 1. The fourth-order valence-corrected chi connectivity index (χ4v) is 3.68. The first-order valence-electron chi connectivity index (χ1n) is 9.77. The third-order valence-electron chi connectivity index (χ3n) is 4.95. The van der Waals surface area contributed by atoms with Crippen LogP contribution in [0.2, 0.25) is 5.02 Å². The summed E-state index contributed by atoms with van der Waals surface area (Å²) >= 11 is 6.06. The van der Waals surface area contributed by atoms with E-state index in [1.807, 2.05) is 54.6 Å². The molecule has 4 rings (SSSR count). The molecule has 152 valence electrons. The van der Waals surface area contributed by atoms with Gasteiger partial charge in [0, 0.05) is 33.6 Å². The predicted octanol–water partition coefficient (Wildman–Crippen LogP) is 4.88. The first-order valence-corrected chi connectivity index (χ1v) is 10.1. The molecule has 1 atom stereocenters. The van der Waals surface area contributed by atoms with Gasteiger partial charge in [0.15, 0.2) is 0 Å². The van der Waals surface area contributed by atoms with Gasteiger partial charge in [0.05, 0.1) is 6.61 Å². The van der Waals surface area contributed by atoms with Crippen molar-refractivity contribution >= 4 is 45.2 Å². The lowest BCUT2D eigenvalue weighted by Gasteiger charge is -2.17. The monoisotopic (exact) mass is 420 g/mol. The Morgan fingerprint density at radius 3 is 2.60 bits per heavy atom. The molecule has 0 radical (unpaired) electrons. The zero-order chi connectivity index (χ0) is 21.1. The minimum atomic E-state index is -0.813.